The van der Waals surface area contributed by atoms with E-state index in [9.17, 15) is 4.79 Å². The van der Waals surface area contributed by atoms with Crippen LogP contribution in [-0.4, -0.2) is 24.7 Å². The molecule has 0 saturated heterocycles. The van der Waals surface area contributed by atoms with Gasteiger partial charge in [0.15, 0.2) is 0 Å². The SMILES string of the molecule is CC(Cc1ccccc1)NCC(=O)N/N=C/c1ccc2ccccc2c1. The van der Waals surface area contributed by atoms with E-state index >= 15 is 0 Å². The van der Waals surface area contributed by atoms with Crippen molar-refractivity contribution >= 4 is 22.9 Å². The van der Waals surface area contributed by atoms with Crippen LogP contribution in [0.4, 0.5) is 0 Å². The van der Waals surface area contributed by atoms with Crippen molar-refractivity contribution in [1.29, 1.82) is 0 Å². The number of fused-ring (bicyclic) bond motifs is 1. The van der Waals surface area contributed by atoms with E-state index in [1.165, 1.54) is 10.9 Å². The molecule has 0 fully saturated rings. The summed E-state index contributed by atoms with van der Waals surface area (Å²) in [4.78, 5) is 11.9. The van der Waals surface area contributed by atoms with Crippen LogP contribution in [0.3, 0.4) is 0 Å². The highest BCUT2D eigenvalue weighted by atomic mass is 16.2. The van der Waals surface area contributed by atoms with Crippen molar-refractivity contribution in [3.05, 3.63) is 83.9 Å². The van der Waals surface area contributed by atoms with Crippen LogP contribution in [0.1, 0.15) is 18.1 Å². The molecule has 1 atom stereocenters. The number of carbonyl (C=O) groups is 1. The van der Waals surface area contributed by atoms with Gasteiger partial charge in [-0.1, -0.05) is 66.7 Å². The van der Waals surface area contributed by atoms with Crippen molar-refractivity contribution in [3.8, 4) is 0 Å². The summed E-state index contributed by atoms with van der Waals surface area (Å²) in [5, 5.41) is 9.60. The molecule has 0 aliphatic rings. The molecular formula is C22H23N3O. The van der Waals surface area contributed by atoms with Gasteiger partial charge in [-0.3, -0.25) is 4.79 Å². The molecule has 0 aliphatic carbocycles. The topological polar surface area (TPSA) is 53.5 Å². The van der Waals surface area contributed by atoms with Crippen molar-refractivity contribution in [1.82, 2.24) is 10.7 Å². The number of amides is 1. The van der Waals surface area contributed by atoms with Crippen LogP contribution in [-0.2, 0) is 11.2 Å². The van der Waals surface area contributed by atoms with Gasteiger partial charge in [-0.05, 0) is 41.3 Å². The molecule has 0 saturated carbocycles. The Kier molecular flexibility index (Phi) is 6.12. The Morgan fingerprint density at radius 2 is 1.73 bits per heavy atom. The predicted octanol–water partition coefficient (Wildman–Crippen LogP) is 3.51. The maximum atomic E-state index is 11.9. The molecular weight excluding hydrogens is 322 g/mol. The number of benzene rings is 3. The van der Waals surface area contributed by atoms with Gasteiger partial charge in [0.2, 0.25) is 0 Å². The zero-order valence-corrected chi connectivity index (χ0v) is 14.9. The molecule has 0 spiro atoms. The van der Waals surface area contributed by atoms with Gasteiger partial charge in [-0.25, -0.2) is 5.43 Å². The maximum absolute atomic E-state index is 11.9. The van der Waals surface area contributed by atoms with Crippen LogP contribution in [0.2, 0.25) is 0 Å². The summed E-state index contributed by atoms with van der Waals surface area (Å²) in [6, 6.07) is 24.7. The molecule has 0 bridgehead atoms. The summed E-state index contributed by atoms with van der Waals surface area (Å²) in [7, 11) is 0. The summed E-state index contributed by atoms with van der Waals surface area (Å²) < 4.78 is 0. The molecule has 3 aromatic carbocycles. The van der Waals surface area contributed by atoms with E-state index < -0.39 is 0 Å². The minimum Gasteiger partial charge on any atom is -0.306 e. The lowest BCUT2D eigenvalue weighted by molar-refractivity contribution is -0.120. The quantitative estimate of drug-likeness (QED) is 0.508. The van der Waals surface area contributed by atoms with Crippen LogP contribution in [0.15, 0.2) is 77.9 Å². The Morgan fingerprint density at radius 3 is 2.54 bits per heavy atom. The monoisotopic (exact) mass is 345 g/mol. The van der Waals surface area contributed by atoms with Crippen molar-refractivity contribution in [2.24, 2.45) is 5.10 Å². The highest BCUT2D eigenvalue weighted by Crippen LogP contribution is 2.14. The molecule has 132 valence electrons. The van der Waals surface area contributed by atoms with Gasteiger partial charge in [0, 0.05) is 6.04 Å². The fourth-order valence-electron chi connectivity index (χ4n) is 2.81. The van der Waals surface area contributed by atoms with E-state index in [2.05, 4.69) is 47.0 Å². The van der Waals surface area contributed by atoms with E-state index in [4.69, 9.17) is 0 Å². The van der Waals surface area contributed by atoms with E-state index in [0.717, 1.165) is 17.4 Å². The van der Waals surface area contributed by atoms with Gasteiger partial charge in [0.05, 0.1) is 12.8 Å². The average molecular weight is 345 g/mol. The van der Waals surface area contributed by atoms with Crippen molar-refractivity contribution in [3.63, 3.8) is 0 Å². The number of hydrogen-bond acceptors (Lipinski definition) is 3. The molecule has 1 amide bonds. The second kappa shape index (κ2) is 8.92. The Bertz CT molecular complexity index is 890. The molecule has 0 aromatic heterocycles. The van der Waals surface area contributed by atoms with Gasteiger partial charge in [-0.15, -0.1) is 0 Å². The van der Waals surface area contributed by atoms with Gasteiger partial charge in [-0.2, -0.15) is 5.10 Å². The standard InChI is InChI=1S/C22H23N3O/c1-17(13-18-7-3-2-4-8-18)23-16-22(26)25-24-15-19-11-12-20-9-5-6-10-21(20)14-19/h2-12,14-15,17,23H,13,16H2,1H3,(H,25,26)/b24-15+. The normalized spacial score (nSPS) is 12.3. The van der Waals surface area contributed by atoms with Gasteiger partial charge < -0.3 is 5.32 Å². The first-order valence-electron chi connectivity index (χ1n) is 8.79. The molecule has 26 heavy (non-hydrogen) atoms. The average Bonchev–Trinajstić information content (AvgIpc) is 2.67. The number of nitrogens with one attached hydrogen (secondary N) is 2. The van der Waals surface area contributed by atoms with Crippen LogP contribution in [0, 0.1) is 0 Å². The molecule has 3 rings (SSSR count). The number of hydrazone groups is 1. The van der Waals surface area contributed by atoms with Crippen molar-refractivity contribution in [2.75, 3.05) is 6.54 Å². The maximum Gasteiger partial charge on any atom is 0.254 e. The lowest BCUT2D eigenvalue weighted by Gasteiger charge is -2.12. The largest absolute Gasteiger partial charge is 0.306 e. The molecule has 3 aromatic rings. The summed E-state index contributed by atoms with van der Waals surface area (Å²) in [6.07, 6.45) is 2.55. The molecule has 4 heteroatoms. The number of rotatable bonds is 7. The summed E-state index contributed by atoms with van der Waals surface area (Å²) in [5.74, 6) is -0.151. The zero-order valence-electron chi connectivity index (χ0n) is 14.9. The van der Waals surface area contributed by atoms with Gasteiger partial charge in [0.25, 0.3) is 5.91 Å². The number of hydrogen-bond donors (Lipinski definition) is 2. The summed E-state index contributed by atoms with van der Waals surface area (Å²) in [5.41, 5.74) is 4.77. The Balaban J connectivity index is 1.45. The van der Waals surface area contributed by atoms with Crippen molar-refractivity contribution < 1.29 is 4.79 Å². The van der Waals surface area contributed by atoms with Crippen molar-refractivity contribution in [2.45, 2.75) is 19.4 Å². The smallest absolute Gasteiger partial charge is 0.254 e. The lowest BCUT2D eigenvalue weighted by atomic mass is 10.1. The fraction of sp³-hybridized carbons (Fsp3) is 0.182. The molecule has 0 heterocycles. The second-order valence-electron chi connectivity index (χ2n) is 6.37. The van der Waals surface area contributed by atoms with Crippen LogP contribution >= 0.6 is 0 Å². The highest BCUT2D eigenvalue weighted by Gasteiger charge is 2.05. The molecule has 0 radical (unpaired) electrons. The third kappa shape index (κ3) is 5.26. The number of carbonyl (C=O) groups excluding carboxylic acids is 1. The van der Waals surface area contributed by atoms with E-state index in [1.54, 1.807) is 6.21 Å². The predicted molar refractivity (Wildman–Crippen MR) is 107 cm³/mol. The fourth-order valence-corrected chi connectivity index (χ4v) is 2.81. The van der Waals surface area contributed by atoms with E-state index in [0.29, 0.717) is 0 Å². The van der Waals surface area contributed by atoms with Crippen LogP contribution < -0.4 is 10.7 Å². The first kappa shape index (κ1) is 17.8. The summed E-state index contributed by atoms with van der Waals surface area (Å²) >= 11 is 0. The Labute approximate surface area is 153 Å². The Hall–Kier alpha value is -2.98. The second-order valence-corrected chi connectivity index (χ2v) is 6.37. The lowest BCUT2D eigenvalue weighted by Crippen LogP contribution is -2.37. The van der Waals surface area contributed by atoms with E-state index in [-0.39, 0.29) is 18.5 Å². The molecule has 2 N–H and O–H groups in total. The Morgan fingerprint density at radius 1 is 1.00 bits per heavy atom. The first-order valence-corrected chi connectivity index (χ1v) is 8.79. The zero-order chi connectivity index (χ0) is 18.2. The van der Waals surface area contributed by atoms with Gasteiger partial charge >= 0.3 is 0 Å². The van der Waals surface area contributed by atoms with Crippen LogP contribution in [0.25, 0.3) is 10.8 Å². The molecule has 4 nitrogen and oxygen atoms in total. The molecule has 1 unspecified atom stereocenters. The third-order valence-electron chi connectivity index (χ3n) is 4.17. The minimum atomic E-state index is -0.151. The summed E-state index contributed by atoms with van der Waals surface area (Å²) in [6.45, 7) is 2.31. The highest BCUT2D eigenvalue weighted by molar-refractivity contribution is 5.90. The third-order valence-corrected chi connectivity index (χ3v) is 4.17. The van der Waals surface area contributed by atoms with Gasteiger partial charge in [0.1, 0.15) is 0 Å². The molecule has 0 aliphatic heterocycles. The first-order chi connectivity index (χ1) is 12.7. The minimum absolute atomic E-state index is 0.151. The van der Waals surface area contributed by atoms with Crippen LogP contribution in [0.5, 0.6) is 0 Å². The van der Waals surface area contributed by atoms with E-state index in [1.807, 2.05) is 48.5 Å². The number of nitrogens with zero attached hydrogens (tertiary/aromatic N) is 1.